The maximum atomic E-state index is 3.55. The highest BCUT2D eigenvalue weighted by atomic mass is 79.9. The third-order valence-corrected chi connectivity index (χ3v) is 3.51. The SMILES string of the molecule is BrC1=CC2C=Cc3ccccc3C2=CC=C1. The molecule has 2 aliphatic carbocycles. The molecule has 0 saturated carbocycles. The maximum absolute atomic E-state index is 3.55. The molecule has 1 atom stereocenters. The summed E-state index contributed by atoms with van der Waals surface area (Å²) in [6, 6.07) is 8.54. The van der Waals surface area contributed by atoms with Crippen molar-refractivity contribution >= 4 is 27.6 Å². The second kappa shape index (κ2) is 3.91. The Morgan fingerprint density at radius 3 is 2.88 bits per heavy atom. The smallest absolute Gasteiger partial charge is 0.0222 e. The van der Waals surface area contributed by atoms with Crippen LogP contribution < -0.4 is 0 Å². The van der Waals surface area contributed by atoms with Crippen LogP contribution in [-0.4, -0.2) is 0 Å². The van der Waals surface area contributed by atoms with Crippen molar-refractivity contribution < 1.29 is 0 Å². The minimum absolute atomic E-state index is 0.388. The van der Waals surface area contributed by atoms with Gasteiger partial charge in [-0.2, -0.15) is 0 Å². The van der Waals surface area contributed by atoms with Crippen LogP contribution in [0.5, 0.6) is 0 Å². The standard InChI is InChI=1S/C15H11Br/c16-13-5-3-7-15-12(10-13)9-8-11-4-1-2-6-14(11)15/h1-10,12H. The Balaban J connectivity index is 2.19. The van der Waals surface area contributed by atoms with Gasteiger partial charge in [-0.15, -0.1) is 0 Å². The molecule has 0 aromatic heterocycles. The average molecular weight is 271 g/mol. The van der Waals surface area contributed by atoms with Gasteiger partial charge in [0.05, 0.1) is 0 Å². The van der Waals surface area contributed by atoms with Crippen molar-refractivity contribution in [3.63, 3.8) is 0 Å². The van der Waals surface area contributed by atoms with E-state index >= 15 is 0 Å². The first-order chi connectivity index (χ1) is 7.84. The molecule has 0 heterocycles. The maximum Gasteiger partial charge on any atom is 0.0222 e. The molecule has 78 valence electrons. The number of halogens is 1. The molecule has 0 saturated heterocycles. The summed E-state index contributed by atoms with van der Waals surface area (Å²) < 4.78 is 1.15. The predicted octanol–water partition coefficient (Wildman–Crippen LogP) is 4.56. The molecule has 2 aliphatic rings. The zero-order chi connectivity index (χ0) is 11.0. The number of hydrogen-bond donors (Lipinski definition) is 0. The van der Waals surface area contributed by atoms with Crippen molar-refractivity contribution in [2.45, 2.75) is 0 Å². The molecule has 0 aliphatic heterocycles. The molecule has 0 amide bonds. The Bertz CT molecular complexity index is 544. The summed E-state index contributed by atoms with van der Waals surface area (Å²) >= 11 is 3.55. The Labute approximate surface area is 104 Å². The quantitative estimate of drug-likeness (QED) is 0.648. The fourth-order valence-corrected chi connectivity index (χ4v) is 2.65. The normalized spacial score (nSPS) is 21.7. The minimum Gasteiger partial charge on any atom is -0.0726 e. The van der Waals surface area contributed by atoms with Gasteiger partial charge in [0.15, 0.2) is 0 Å². The molecule has 0 fully saturated rings. The third-order valence-electron chi connectivity index (χ3n) is 2.98. The van der Waals surface area contributed by atoms with Crippen LogP contribution in [-0.2, 0) is 0 Å². The summed E-state index contributed by atoms with van der Waals surface area (Å²) in [6.45, 7) is 0. The molecule has 16 heavy (non-hydrogen) atoms. The van der Waals surface area contributed by atoms with Gasteiger partial charge in [-0.25, -0.2) is 0 Å². The van der Waals surface area contributed by atoms with Crippen LogP contribution in [0.4, 0.5) is 0 Å². The van der Waals surface area contributed by atoms with Gasteiger partial charge in [0.2, 0.25) is 0 Å². The zero-order valence-corrected chi connectivity index (χ0v) is 10.3. The number of allylic oxidation sites excluding steroid dienone is 7. The molecule has 0 radical (unpaired) electrons. The number of benzene rings is 1. The number of rotatable bonds is 0. The Morgan fingerprint density at radius 1 is 1.06 bits per heavy atom. The van der Waals surface area contributed by atoms with Crippen LogP contribution in [0, 0.1) is 5.92 Å². The lowest BCUT2D eigenvalue weighted by Crippen LogP contribution is -2.03. The second-order valence-corrected chi connectivity index (χ2v) is 4.92. The Morgan fingerprint density at radius 2 is 1.94 bits per heavy atom. The number of fused-ring (bicyclic) bond motifs is 3. The van der Waals surface area contributed by atoms with Gasteiger partial charge in [0.25, 0.3) is 0 Å². The molecule has 3 rings (SSSR count). The van der Waals surface area contributed by atoms with E-state index in [0.29, 0.717) is 5.92 Å². The minimum atomic E-state index is 0.388. The first-order valence-corrected chi connectivity index (χ1v) is 6.17. The highest BCUT2D eigenvalue weighted by molar-refractivity contribution is 9.11. The van der Waals surface area contributed by atoms with Gasteiger partial charge in [0.1, 0.15) is 0 Å². The van der Waals surface area contributed by atoms with Crippen molar-refractivity contribution in [1.82, 2.24) is 0 Å². The van der Waals surface area contributed by atoms with Crippen molar-refractivity contribution in [1.29, 1.82) is 0 Å². The Hall–Kier alpha value is -1.34. The predicted molar refractivity (Wildman–Crippen MR) is 73.1 cm³/mol. The summed E-state index contributed by atoms with van der Waals surface area (Å²) in [4.78, 5) is 0. The molecule has 0 spiro atoms. The average Bonchev–Trinajstić information content (AvgIpc) is 2.50. The van der Waals surface area contributed by atoms with Crippen molar-refractivity contribution in [3.05, 3.63) is 70.3 Å². The van der Waals surface area contributed by atoms with Crippen LogP contribution >= 0.6 is 15.9 Å². The van der Waals surface area contributed by atoms with E-state index in [4.69, 9.17) is 0 Å². The van der Waals surface area contributed by atoms with Crippen molar-refractivity contribution in [2.24, 2.45) is 5.92 Å². The first-order valence-electron chi connectivity index (χ1n) is 5.38. The number of hydrogen-bond acceptors (Lipinski definition) is 0. The van der Waals surface area contributed by atoms with Crippen LogP contribution in [0.25, 0.3) is 11.6 Å². The molecule has 0 bridgehead atoms. The highest BCUT2D eigenvalue weighted by Crippen LogP contribution is 2.36. The molecule has 0 N–H and O–H groups in total. The molecule has 1 unspecified atom stereocenters. The van der Waals surface area contributed by atoms with E-state index in [-0.39, 0.29) is 0 Å². The van der Waals surface area contributed by atoms with Crippen molar-refractivity contribution in [3.8, 4) is 0 Å². The van der Waals surface area contributed by atoms with E-state index in [1.807, 2.05) is 0 Å². The highest BCUT2D eigenvalue weighted by Gasteiger charge is 2.18. The summed E-state index contributed by atoms with van der Waals surface area (Å²) in [7, 11) is 0. The van der Waals surface area contributed by atoms with Gasteiger partial charge in [0, 0.05) is 10.4 Å². The second-order valence-electron chi connectivity index (χ2n) is 4.00. The fraction of sp³-hybridized carbons (Fsp3) is 0.0667. The molecular weight excluding hydrogens is 260 g/mol. The van der Waals surface area contributed by atoms with E-state index in [2.05, 4.69) is 76.7 Å². The molecule has 1 aromatic rings. The summed E-state index contributed by atoms with van der Waals surface area (Å²) in [6.07, 6.45) is 13.1. The summed E-state index contributed by atoms with van der Waals surface area (Å²) in [5.74, 6) is 0.388. The van der Waals surface area contributed by atoms with Gasteiger partial charge in [-0.3, -0.25) is 0 Å². The largest absolute Gasteiger partial charge is 0.0726 e. The first kappa shape index (κ1) is 9.86. The van der Waals surface area contributed by atoms with E-state index in [1.165, 1.54) is 16.7 Å². The van der Waals surface area contributed by atoms with Crippen LogP contribution in [0.1, 0.15) is 11.1 Å². The fourth-order valence-electron chi connectivity index (χ4n) is 2.21. The lowest BCUT2D eigenvalue weighted by Gasteiger charge is -2.20. The van der Waals surface area contributed by atoms with Gasteiger partial charge in [-0.05, 0) is 22.8 Å². The molecule has 1 aromatic carbocycles. The lowest BCUT2D eigenvalue weighted by atomic mass is 9.84. The van der Waals surface area contributed by atoms with Crippen LogP contribution in [0.3, 0.4) is 0 Å². The van der Waals surface area contributed by atoms with E-state index in [9.17, 15) is 0 Å². The topological polar surface area (TPSA) is 0 Å². The lowest BCUT2D eigenvalue weighted by molar-refractivity contribution is 1.09. The molecule has 1 heteroatoms. The van der Waals surface area contributed by atoms with Crippen LogP contribution in [0.15, 0.2) is 59.1 Å². The van der Waals surface area contributed by atoms with E-state index < -0.39 is 0 Å². The summed E-state index contributed by atoms with van der Waals surface area (Å²) in [5, 5.41) is 0. The van der Waals surface area contributed by atoms with Gasteiger partial charge >= 0.3 is 0 Å². The van der Waals surface area contributed by atoms with Gasteiger partial charge < -0.3 is 0 Å². The molecule has 0 nitrogen and oxygen atoms in total. The Kier molecular flexibility index (Phi) is 2.41. The van der Waals surface area contributed by atoms with E-state index in [0.717, 1.165) is 4.48 Å². The van der Waals surface area contributed by atoms with Crippen LogP contribution in [0.2, 0.25) is 0 Å². The third kappa shape index (κ3) is 1.61. The van der Waals surface area contributed by atoms with E-state index in [1.54, 1.807) is 0 Å². The van der Waals surface area contributed by atoms with Gasteiger partial charge in [-0.1, -0.05) is 70.6 Å². The van der Waals surface area contributed by atoms with Crippen molar-refractivity contribution in [2.75, 3.05) is 0 Å². The summed E-state index contributed by atoms with van der Waals surface area (Å²) in [5.41, 5.74) is 4.03. The molecular formula is C15H11Br. The zero-order valence-electron chi connectivity index (χ0n) is 8.73. The monoisotopic (exact) mass is 270 g/mol.